The standard InChI is InChI=1S/C6H4F2N2O2/c1-12-6(11)3-2-4(7)9-10-5(3)8/h2H,1H3. The van der Waals surface area contributed by atoms with Gasteiger partial charge in [0.05, 0.1) is 7.11 Å². The number of carbonyl (C=O) groups excluding carboxylic acids is 1. The summed E-state index contributed by atoms with van der Waals surface area (Å²) in [6.07, 6.45) is 0. The minimum atomic E-state index is -1.15. The maximum absolute atomic E-state index is 12.6. The Morgan fingerprint density at radius 2 is 2.17 bits per heavy atom. The second-order valence-corrected chi connectivity index (χ2v) is 1.86. The van der Waals surface area contributed by atoms with Crippen molar-refractivity contribution >= 4 is 5.97 Å². The molecule has 0 saturated heterocycles. The summed E-state index contributed by atoms with van der Waals surface area (Å²) in [5.41, 5.74) is -0.565. The molecule has 1 aromatic heterocycles. The zero-order valence-electron chi connectivity index (χ0n) is 6.04. The van der Waals surface area contributed by atoms with Crippen LogP contribution in [0.15, 0.2) is 6.07 Å². The molecule has 0 aliphatic carbocycles. The molecule has 0 atom stereocenters. The highest BCUT2D eigenvalue weighted by molar-refractivity contribution is 5.89. The molecule has 0 saturated carbocycles. The Hall–Kier alpha value is -1.59. The summed E-state index contributed by atoms with van der Waals surface area (Å²) >= 11 is 0. The summed E-state index contributed by atoms with van der Waals surface area (Å²) in [6, 6.07) is 0.619. The molecule has 4 nitrogen and oxygen atoms in total. The Bertz CT molecular complexity index is 316. The molecule has 0 bridgehead atoms. The van der Waals surface area contributed by atoms with Crippen LogP contribution >= 0.6 is 0 Å². The lowest BCUT2D eigenvalue weighted by Crippen LogP contribution is -2.08. The first-order chi connectivity index (χ1) is 5.65. The fourth-order valence-electron chi connectivity index (χ4n) is 0.606. The number of hydrogen-bond acceptors (Lipinski definition) is 4. The lowest BCUT2D eigenvalue weighted by molar-refractivity contribution is 0.0593. The van der Waals surface area contributed by atoms with Crippen molar-refractivity contribution < 1.29 is 18.3 Å². The lowest BCUT2D eigenvalue weighted by Gasteiger charge is -1.97. The van der Waals surface area contributed by atoms with Gasteiger partial charge in [0.2, 0.25) is 11.9 Å². The van der Waals surface area contributed by atoms with E-state index in [0.29, 0.717) is 6.07 Å². The second-order valence-electron chi connectivity index (χ2n) is 1.86. The van der Waals surface area contributed by atoms with Crippen molar-refractivity contribution in [3.8, 4) is 0 Å². The van der Waals surface area contributed by atoms with Gasteiger partial charge in [0.1, 0.15) is 5.56 Å². The molecule has 0 N–H and O–H groups in total. The van der Waals surface area contributed by atoms with E-state index in [4.69, 9.17) is 0 Å². The van der Waals surface area contributed by atoms with E-state index in [9.17, 15) is 13.6 Å². The number of carbonyl (C=O) groups is 1. The topological polar surface area (TPSA) is 52.1 Å². The number of esters is 1. The Balaban J connectivity index is 3.13. The Morgan fingerprint density at radius 3 is 2.75 bits per heavy atom. The number of methoxy groups -OCH3 is 1. The van der Waals surface area contributed by atoms with Gasteiger partial charge >= 0.3 is 5.97 Å². The maximum atomic E-state index is 12.6. The van der Waals surface area contributed by atoms with E-state index >= 15 is 0 Å². The summed E-state index contributed by atoms with van der Waals surface area (Å²) in [6.45, 7) is 0. The number of nitrogens with zero attached hydrogens (tertiary/aromatic N) is 2. The maximum Gasteiger partial charge on any atom is 0.342 e. The quantitative estimate of drug-likeness (QED) is 0.583. The third kappa shape index (κ3) is 1.52. The number of aromatic nitrogens is 2. The van der Waals surface area contributed by atoms with Crippen LogP contribution in [0.4, 0.5) is 8.78 Å². The summed E-state index contributed by atoms with van der Waals surface area (Å²) < 4.78 is 29.0. The normalized spacial score (nSPS) is 9.58. The zero-order chi connectivity index (χ0) is 9.14. The number of rotatable bonds is 1. The third-order valence-corrected chi connectivity index (χ3v) is 1.12. The Labute approximate surface area is 66.2 Å². The van der Waals surface area contributed by atoms with Crippen LogP contribution in [0.2, 0.25) is 0 Å². The van der Waals surface area contributed by atoms with Crippen molar-refractivity contribution in [2.75, 3.05) is 7.11 Å². The van der Waals surface area contributed by atoms with Crippen LogP contribution in [-0.2, 0) is 4.74 Å². The predicted molar refractivity (Wildman–Crippen MR) is 33.3 cm³/mol. The fraction of sp³-hybridized carbons (Fsp3) is 0.167. The van der Waals surface area contributed by atoms with Crippen molar-refractivity contribution in [2.45, 2.75) is 0 Å². The third-order valence-electron chi connectivity index (χ3n) is 1.12. The first-order valence-electron chi connectivity index (χ1n) is 2.92. The molecule has 6 heteroatoms. The van der Waals surface area contributed by atoms with Gasteiger partial charge in [0.15, 0.2) is 0 Å². The molecule has 1 heterocycles. The van der Waals surface area contributed by atoms with Gasteiger partial charge in [-0.1, -0.05) is 0 Å². The van der Waals surface area contributed by atoms with E-state index in [1.165, 1.54) is 0 Å². The average molecular weight is 174 g/mol. The van der Waals surface area contributed by atoms with E-state index in [1.807, 2.05) is 0 Å². The van der Waals surface area contributed by atoms with Crippen molar-refractivity contribution in [1.29, 1.82) is 0 Å². The molecule has 1 aromatic rings. The van der Waals surface area contributed by atoms with E-state index in [0.717, 1.165) is 7.11 Å². The monoisotopic (exact) mass is 174 g/mol. The van der Waals surface area contributed by atoms with Crippen LogP contribution in [0.25, 0.3) is 0 Å². The van der Waals surface area contributed by atoms with Gasteiger partial charge < -0.3 is 4.74 Å². The van der Waals surface area contributed by atoms with Gasteiger partial charge in [-0.25, -0.2) is 4.79 Å². The zero-order valence-corrected chi connectivity index (χ0v) is 6.04. The molecule has 0 radical (unpaired) electrons. The number of hydrogen-bond donors (Lipinski definition) is 0. The molecular formula is C6H4F2N2O2. The van der Waals surface area contributed by atoms with Crippen LogP contribution in [0.5, 0.6) is 0 Å². The van der Waals surface area contributed by atoms with Crippen LogP contribution in [0.3, 0.4) is 0 Å². The van der Waals surface area contributed by atoms with Gasteiger partial charge in [0.25, 0.3) is 0 Å². The first-order valence-corrected chi connectivity index (χ1v) is 2.92. The molecule has 64 valence electrons. The van der Waals surface area contributed by atoms with Gasteiger partial charge in [-0.05, 0) is 0 Å². The van der Waals surface area contributed by atoms with Crippen molar-refractivity contribution in [3.63, 3.8) is 0 Å². The largest absolute Gasteiger partial charge is 0.465 e. The highest BCUT2D eigenvalue weighted by Crippen LogP contribution is 2.05. The summed E-state index contributed by atoms with van der Waals surface area (Å²) in [5.74, 6) is -3.17. The van der Waals surface area contributed by atoms with E-state index < -0.39 is 23.4 Å². The van der Waals surface area contributed by atoms with Crippen molar-refractivity contribution in [3.05, 3.63) is 23.5 Å². The minimum Gasteiger partial charge on any atom is -0.465 e. The van der Waals surface area contributed by atoms with E-state index in [2.05, 4.69) is 14.9 Å². The van der Waals surface area contributed by atoms with Gasteiger partial charge in [0, 0.05) is 6.07 Å². The van der Waals surface area contributed by atoms with Crippen LogP contribution in [0, 0.1) is 11.9 Å². The molecule has 0 unspecified atom stereocenters. The van der Waals surface area contributed by atoms with Crippen molar-refractivity contribution in [1.82, 2.24) is 10.2 Å². The molecule has 0 aliphatic rings. The summed E-state index contributed by atoms with van der Waals surface area (Å²) in [4.78, 5) is 10.7. The average Bonchev–Trinajstić information content (AvgIpc) is 2.08. The van der Waals surface area contributed by atoms with Gasteiger partial charge in [-0.15, -0.1) is 10.2 Å². The minimum absolute atomic E-state index is 0.565. The Kier molecular flexibility index (Phi) is 2.27. The summed E-state index contributed by atoms with van der Waals surface area (Å²) in [5, 5.41) is 5.51. The highest BCUT2D eigenvalue weighted by Gasteiger charge is 2.14. The van der Waals surface area contributed by atoms with Gasteiger partial charge in [-0.3, -0.25) is 0 Å². The second kappa shape index (κ2) is 3.21. The molecule has 0 aliphatic heterocycles. The predicted octanol–water partition coefficient (Wildman–Crippen LogP) is 0.541. The molecule has 0 fully saturated rings. The number of halogens is 2. The highest BCUT2D eigenvalue weighted by atomic mass is 19.1. The van der Waals surface area contributed by atoms with Crippen LogP contribution in [-0.4, -0.2) is 23.3 Å². The molecule has 0 spiro atoms. The fourth-order valence-corrected chi connectivity index (χ4v) is 0.606. The summed E-state index contributed by atoms with van der Waals surface area (Å²) in [7, 11) is 1.06. The molecule has 1 rings (SSSR count). The smallest absolute Gasteiger partial charge is 0.342 e. The van der Waals surface area contributed by atoms with Gasteiger partial charge in [-0.2, -0.15) is 8.78 Å². The molecular weight excluding hydrogens is 170 g/mol. The van der Waals surface area contributed by atoms with Crippen LogP contribution < -0.4 is 0 Å². The Morgan fingerprint density at radius 1 is 1.50 bits per heavy atom. The van der Waals surface area contributed by atoms with E-state index in [-0.39, 0.29) is 0 Å². The van der Waals surface area contributed by atoms with Crippen molar-refractivity contribution in [2.24, 2.45) is 0 Å². The molecule has 0 amide bonds. The first kappa shape index (κ1) is 8.51. The molecule has 0 aromatic carbocycles. The number of ether oxygens (including phenoxy) is 1. The van der Waals surface area contributed by atoms with E-state index in [1.54, 1.807) is 0 Å². The SMILES string of the molecule is COC(=O)c1cc(F)nnc1F. The van der Waals surface area contributed by atoms with Crippen LogP contribution in [0.1, 0.15) is 10.4 Å². The lowest BCUT2D eigenvalue weighted by atomic mass is 10.3. The molecule has 12 heavy (non-hydrogen) atoms.